The SMILES string of the molecule is CC/C=C/CCCC[N+](CCC(=O)O)(CCC(=O)O)CCC(=O)O. The zero-order chi connectivity index (χ0) is 18.4. The third kappa shape index (κ3) is 11.6. The van der Waals surface area contributed by atoms with Crippen LogP contribution in [-0.2, 0) is 14.4 Å². The fourth-order valence-corrected chi connectivity index (χ4v) is 2.66. The van der Waals surface area contributed by atoms with Gasteiger partial charge in [-0.1, -0.05) is 19.1 Å². The molecule has 3 N–H and O–H groups in total. The molecule has 0 unspecified atom stereocenters. The number of hydrogen-bond acceptors (Lipinski definition) is 3. The molecule has 0 aliphatic carbocycles. The second-order valence-electron chi connectivity index (χ2n) is 6.04. The lowest BCUT2D eigenvalue weighted by Crippen LogP contribution is -2.52. The third-order valence-electron chi connectivity index (χ3n) is 4.06. The number of aliphatic carboxylic acids is 3. The highest BCUT2D eigenvalue weighted by Crippen LogP contribution is 2.15. The van der Waals surface area contributed by atoms with Crippen molar-refractivity contribution in [1.29, 1.82) is 0 Å². The first kappa shape index (κ1) is 22.1. The highest BCUT2D eigenvalue weighted by Gasteiger charge is 2.29. The first-order valence-corrected chi connectivity index (χ1v) is 8.47. The van der Waals surface area contributed by atoms with Gasteiger partial charge in [0.15, 0.2) is 0 Å². The molecule has 0 atom stereocenters. The minimum absolute atomic E-state index is 0.0883. The van der Waals surface area contributed by atoms with Gasteiger partial charge in [-0.15, -0.1) is 0 Å². The predicted molar refractivity (Wildman–Crippen MR) is 89.8 cm³/mol. The van der Waals surface area contributed by atoms with Gasteiger partial charge < -0.3 is 19.8 Å². The Morgan fingerprint density at radius 2 is 1.21 bits per heavy atom. The van der Waals surface area contributed by atoms with E-state index < -0.39 is 17.9 Å². The summed E-state index contributed by atoms with van der Waals surface area (Å²) in [6.07, 6.45) is 7.55. The summed E-state index contributed by atoms with van der Waals surface area (Å²) in [6.45, 7) is 3.46. The lowest BCUT2D eigenvalue weighted by molar-refractivity contribution is -0.927. The molecule has 0 heterocycles. The Balaban J connectivity index is 4.84. The summed E-state index contributed by atoms with van der Waals surface area (Å²) >= 11 is 0. The molecule has 0 fully saturated rings. The van der Waals surface area contributed by atoms with Crippen LogP contribution in [0.4, 0.5) is 0 Å². The number of unbranched alkanes of at least 4 members (excludes halogenated alkanes) is 2. The smallest absolute Gasteiger partial charge is 0.309 e. The van der Waals surface area contributed by atoms with E-state index in [4.69, 9.17) is 15.3 Å². The highest BCUT2D eigenvalue weighted by molar-refractivity contribution is 5.67. The van der Waals surface area contributed by atoms with Crippen LogP contribution in [0.1, 0.15) is 51.9 Å². The Morgan fingerprint density at radius 3 is 1.58 bits per heavy atom. The molecule has 0 radical (unpaired) electrons. The Kier molecular flexibility index (Phi) is 11.5. The maximum absolute atomic E-state index is 10.9. The maximum Gasteiger partial charge on any atom is 0.309 e. The molecule has 7 heteroatoms. The molecule has 0 saturated heterocycles. The van der Waals surface area contributed by atoms with E-state index in [0.29, 0.717) is 6.54 Å². The van der Waals surface area contributed by atoms with E-state index in [1.807, 2.05) is 0 Å². The normalized spacial score (nSPS) is 11.7. The van der Waals surface area contributed by atoms with E-state index in [0.717, 1.165) is 25.7 Å². The minimum Gasteiger partial charge on any atom is -0.481 e. The molecule has 0 aliphatic heterocycles. The number of quaternary nitrogens is 1. The van der Waals surface area contributed by atoms with Crippen molar-refractivity contribution in [2.45, 2.75) is 51.9 Å². The molecular formula is C17H30NO6+. The lowest BCUT2D eigenvalue weighted by atomic mass is 10.1. The molecule has 0 amide bonds. The maximum atomic E-state index is 10.9. The summed E-state index contributed by atoms with van der Waals surface area (Å²) in [7, 11) is 0. The van der Waals surface area contributed by atoms with Gasteiger partial charge in [0, 0.05) is 0 Å². The molecule has 0 spiro atoms. The van der Waals surface area contributed by atoms with Crippen molar-refractivity contribution >= 4 is 17.9 Å². The lowest BCUT2D eigenvalue weighted by Gasteiger charge is -2.38. The van der Waals surface area contributed by atoms with Gasteiger partial charge in [0.2, 0.25) is 0 Å². The van der Waals surface area contributed by atoms with Gasteiger partial charge in [-0.2, -0.15) is 0 Å². The summed E-state index contributed by atoms with van der Waals surface area (Å²) in [6, 6.07) is 0. The Labute approximate surface area is 143 Å². The van der Waals surface area contributed by atoms with E-state index in [1.165, 1.54) is 0 Å². The molecular weight excluding hydrogens is 314 g/mol. The Morgan fingerprint density at radius 1 is 0.750 bits per heavy atom. The number of rotatable bonds is 15. The highest BCUT2D eigenvalue weighted by atomic mass is 16.4. The molecule has 0 aliphatic rings. The van der Waals surface area contributed by atoms with Crippen LogP contribution in [-0.4, -0.2) is 63.9 Å². The summed E-state index contributed by atoms with van der Waals surface area (Å²) in [5, 5.41) is 26.8. The number of nitrogens with zero attached hydrogens (tertiary/aromatic N) is 1. The molecule has 7 nitrogen and oxygen atoms in total. The number of allylic oxidation sites excluding steroid dienone is 2. The molecule has 0 aromatic carbocycles. The zero-order valence-corrected chi connectivity index (χ0v) is 14.4. The van der Waals surface area contributed by atoms with Crippen LogP contribution in [0.2, 0.25) is 0 Å². The number of hydrogen-bond donors (Lipinski definition) is 3. The topological polar surface area (TPSA) is 112 Å². The monoisotopic (exact) mass is 344 g/mol. The zero-order valence-electron chi connectivity index (χ0n) is 14.4. The standard InChI is InChI=1S/C17H29NO6/c1-2-3-4-5-6-7-11-18(12-8-15(19)20,13-9-16(21)22)14-10-17(23)24/h3-4H,2,5-14H2,1H3,(H2-,19,20,21,22,23,24)/p+1/b4-3+. The van der Waals surface area contributed by atoms with Crippen molar-refractivity contribution in [2.75, 3.05) is 26.2 Å². The molecule has 138 valence electrons. The van der Waals surface area contributed by atoms with Crippen LogP contribution in [0.15, 0.2) is 12.2 Å². The van der Waals surface area contributed by atoms with E-state index in [9.17, 15) is 14.4 Å². The Hall–Kier alpha value is -1.89. The largest absolute Gasteiger partial charge is 0.481 e. The van der Waals surface area contributed by atoms with Crippen molar-refractivity contribution in [2.24, 2.45) is 0 Å². The van der Waals surface area contributed by atoms with E-state index in [1.54, 1.807) is 0 Å². The summed E-state index contributed by atoms with van der Waals surface area (Å²) in [5.74, 6) is -2.85. The van der Waals surface area contributed by atoms with Crippen LogP contribution in [0.25, 0.3) is 0 Å². The van der Waals surface area contributed by atoms with Gasteiger partial charge in [0.25, 0.3) is 0 Å². The van der Waals surface area contributed by atoms with Gasteiger partial charge in [-0.3, -0.25) is 14.4 Å². The van der Waals surface area contributed by atoms with Gasteiger partial charge in [-0.25, -0.2) is 0 Å². The molecule has 0 rings (SSSR count). The fraction of sp³-hybridized carbons (Fsp3) is 0.706. The number of carbonyl (C=O) groups is 3. The van der Waals surface area contributed by atoms with Crippen molar-refractivity contribution < 1.29 is 34.2 Å². The Bertz CT molecular complexity index is 387. The first-order chi connectivity index (χ1) is 11.3. The van der Waals surface area contributed by atoms with Gasteiger partial charge in [0.1, 0.15) is 0 Å². The van der Waals surface area contributed by atoms with Crippen molar-refractivity contribution in [1.82, 2.24) is 0 Å². The van der Waals surface area contributed by atoms with E-state index in [2.05, 4.69) is 19.1 Å². The van der Waals surface area contributed by atoms with Crippen molar-refractivity contribution in [3.63, 3.8) is 0 Å². The van der Waals surface area contributed by atoms with Crippen LogP contribution in [0.3, 0.4) is 0 Å². The molecule has 0 aromatic rings. The van der Waals surface area contributed by atoms with Crippen LogP contribution >= 0.6 is 0 Å². The average Bonchev–Trinajstić information content (AvgIpc) is 2.51. The van der Waals surface area contributed by atoms with Crippen molar-refractivity contribution in [3.05, 3.63) is 12.2 Å². The van der Waals surface area contributed by atoms with E-state index >= 15 is 0 Å². The number of carboxylic acid groups (broad SMARTS) is 3. The summed E-state index contributed by atoms with van der Waals surface area (Å²) in [5.41, 5.74) is 0. The van der Waals surface area contributed by atoms with Crippen LogP contribution in [0.5, 0.6) is 0 Å². The van der Waals surface area contributed by atoms with E-state index in [-0.39, 0.29) is 43.4 Å². The fourth-order valence-electron chi connectivity index (χ4n) is 2.66. The second kappa shape index (κ2) is 12.5. The number of carboxylic acids is 3. The molecule has 0 aromatic heterocycles. The third-order valence-corrected chi connectivity index (χ3v) is 4.06. The average molecular weight is 344 g/mol. The minimum atomic E-state index is -0.950. The van der Waals surface area contributed by atoms with Gasteiger partial charge in [0.05, 0.1) is 45.4 Å². The van der Waals surface area contributed by atoms with Gasteiger partial charge >= 0.3 is 17.9 Å². The quantitative estimate of drug-likeness (QED) is 0.239. The van der Waals surface area contributed by atoms with Gasteiger partial charge in [-0.05, 0) is 25.7 Å². The molecule has 0 bridgehead atoms. The molecule has 0 saturated carbocycles. The molecule has 24 heavy (non-hydrogen) atoms. The van der Waals surface area contributed by atoms with Crippen LogP contribution < -0.4 is 0 Å². The summed E-state index contributed by atoms with van der Waals surface area (Å²) < 4.78 is 0.238. The van der Waals surface area contributed by atoms with Crippen molar-refractivity contribution in [3.8, 4) is 0 Å². The predicted octanol–water partition coefficient (Wildman–Crippen LogP) is 2.36. The second-order valence-corrected chi connectivity index (χ2v) is 6.04. The first-order valence-electron chi connectivity index (χ1n) is 8.47. The van der Waals surface area contributed by atoms with Crippen LogP contribution in [0, 0.1) is 0 Å². The summed E-state index contributed by atoms with van der Waals surface area (Å²) in [4.78, 5) is 32.8.